The van der Waals surface area contributed by atoms with Gasteiger partial charge in [-0.05, 0) is 62.3 Å². The number of nitrogens with one attached hydrogen (secondary N) is 2. The largest absolute Gasteiger partial charge is 0.484 e. The van der Waals surface area contributed by atoms with E-state index in [4.69, 9.17) is 4.74 Å². The van der Waals surface area contributed by atoms with Crippen molar-refractivity contribution in [1.82, 2.24) is 15.5 Å². The molecule has 6 nitrogen and oxygen atoms in total. The predicted molar refractivity (Wildman–Crippen MR) is 112 cm³/mol. The fraction of sp³-hybridized carbons (Fsp3) is 0.619. The number of amides is 2. The first-order valence-corrected chi connectivity index (χ1v) is 10.2. The second kappa shape index (κ2) is 11.3. The van der Waals surface area contributed by atoms with E-state index in [1.807, 2.05) is 29.2 Å². The van der Waals surface area contributed by atoms with E-state index < -0.39 is 0 Å². The summed E-state index contributed by atoms with van der Waals surface area (Å²) in [5.74, 6) is 1.15. The lowest BCUT2D eigenvalue weighted by atomic mass is 9.97. The maximum absolute atomic E-state index is 12.5. The molecule has 2 saturated heterocycles. The molecule has 0 aliphatic carbocycles. The van der Waals surface area contributed by atoms with E-state index in [0.717, 1.165) is 50.9 Å². The summed E-state index contributed by atoms with van der Waals surface area (Å²) in [7, 11) is 0. The van der Waals surface area contributed by atoms with Gasteiger partial charge in [0.25, 0.3) is 5.91 Å². The third-order valence-corrected chi connectivity index (χ3v) is 5.51. The highest BCUT2D eigenvalue weighted by Gasteiger charge is 2.26. The molecule has 1 aromatic rings. The van der Waals surface area contributed by atoms with Crippen molar-refractivity contribution in [3.05, 3.63) is 29.8 Å². The molecule has 2 unspecified atom stereocenters. The van der Waals surface area contributed by atoms with Crippen LogP contribution in [-0.4, -0.2) is 55.5 Å². The summed E-state index contributed by atoms with van der Waals surface area (Å²) >= 11 is 0. The standard InChI is InChI=1S/C21H31N3O3.ClH/c1-2-16-7-9-18(10-8-16)27-15-20(25)24-12-4-5-17(14-24)13-23-21(26)19-6-3-11-22-19;/h7-10,17,19,22H,2-6,11-15H2,1H3,(H,23,26);1H. The van der Waals surface area contributed by atoms with Gasteiger partial charge in [-0.2, -0.15) is 0 Å². The predicted octanol–water partition coefficient (Wildman–Crippen LogP) is 2.16. The average molecular weight is 410 g/mol. The molecule has 0 spiro atoms. The van der Waals surface area contributed by atoms with Gasteiger partial charge in [-0.3, -0.25) is 9.59 Å². The van der Waals surface area contributed by atoms with Crippen molar-refractivity contribution in [3.63, 3.8) is 0 Å². The Hall–Kier alpha value is -1.79. The van der Waals surface area contributed by atoms with Crippen molar-refractivity contribution >= 4 is 24.2 Å². The number of hydrogen-bond donors (Lipinski definition) is 2. The van der Waals surface area contributed by atoms with E-state index in [-0.39, 0.29) is 36.9 Å². The Kier molecular flexibility index (Phi) is 9.06. The molecule has 7 heteroatoms. The molecular formula is C21H32ClN3O3. The number of carbonyl (C=O) groups excluding carboxylic acids is 2. The van der Waals surface area contributed by atoms with Gasteiger partial charge in [0.05, 0.1) is 6.04 Å². The minimum atomic E-state index is -0.0428. The fourth-order valence-corrected chi connectivity index (χ4v) is 3.79. The SMILES string of the molecule is CCc1ccc(OCC(=O)N2CCCC(CNC(=O)C3CCCN3)C2)cc1.Cl. The quantitative estimate of drug-likeness (QED) is 0.724. The summed E-state index contributed by atoms with van der Waals surface area (Å²) in [5.41, 5.74) is 1.25. The van der Waals surface area contributed by atoms with Crippen LogP contribution >= 0.6 is 12.4 Å². The summed E-state index contributed by atoms with van der Waals surface area (Å²) < 4.78 is 5.65. The third kappa shape index (κ3) is 6.38. The topological polar surface area (TPSA) is 70.7 Å². The number of benzene rings is 1. The van der Waals surface area contributed by atoms with Crippen LogP contribution in [0.25, 0.3) is 0 Å². The molecule has 0 radical (unpaired) electrons. The zero-order valence-electron chi connectivity index (χ0n) is 16.6. The minimum Gasteiger partial charge on any atom is -0.484 e. The first kappa shape index (κ1) is 22.5. The molecule has 28 heavy (non-hydrogen) atoms. The van der Waals surface area contributed by atoms with Gasteiger partial charge in [-0.15, -0.1) is 12.4 Å². The Bertz CT molecular complexity index is 632. The van der Waals surface area contributed by atoms with E-state index in [1.165, 1.54) is 5.56 Å². The summed E-state index contributed by atoms with van der Waals surface area (Å²) in [5, 5.41) is 6.27. The van der Waals surface area contributed by atoms with Crippen molar-refractivity contribution in [1.29, 1.82) is 0 Å². The van der Waals surface area contributed by atoms with Crippen LogP contribution in [0.3, 0.4) is 0 Å². The van der Waals surface area contributed by atoms with Gasteiger partial charge in [0, 0.05) is 19.6 Å². The Labute approximate surface area is 173 Å². The first-order valence-electron chi connectivity index (χ1n) is 10.2. The van der Waals surface area contributed by atoms with Crippen LogP contribution in [0.1, 0.15) is 38.2 Å². The minimum absolute atomic E-state index is 0. The number of carbonyl (C=O) groups is 2. The van der Waals surface area contributed by atoms with Gasteiger partial charge < -0.3 is 20.3 Å². The molecule has 156 valence electrons. The number of ether oxygens (including phenoxy) is 1. The van der Waals surface area contributed by atoms with Gasteiger partial charge >= 0.3 is 0 Å². The van der Waals surface area contributed by atoms with Gasteiger partial charge in [-0.25, -0.2) is 0 Å². The summed E-state index contributed by atoms with van der Waals surface area (Å²) in [6.07, 6.45) is 4.98. The summed E-state index contributed by atoms with van der Waals surface area (Å²) in [6.45, 7) is 5.20. The molecule has 2 amide bonds. The highest BCUT2D eigenvalue weighted by Crippen LogP contribution is 2.17. The lowest BCUT2D eigenvalue weighted by Crippen LogP contribution is -2.47. The first-order chi connectivity index (χ1) is 13.2. The number of aryl methyl sites for hydroxylation is 1. The van der Waals surface area contributed by atoms with E-state index in [9.17, 15) is 9.59 Å². The zero-order chi connectivity index (χ0) is 19.1. The number of nitrogens with zero attached hydrogens (tertiary/aromatic N) is 1. The molecule has 0 aromatic heterocycles. The smallest absolute Gasteiger partial charge is 0.260 e. The number of hydrogen-bond acceptors (Lipinski definition) is 4. The summed E-state index contributed by atoms with van der Waals surface area (Å²) in [4.78, 5) is 26.5. The van der Waals surface area contributed by atoms with Gasteiger partial charge in [0.1, 0.15) is 5.75 Å². The second-order valence-electron chi connectivity index (χ2n) is 7.53. The zero-order valence-corrected chi connectivity index (χ0v) is 17.4. The van der Waals surface area contributed by atoms with Crippen LogP contribution in [-0.2, 0) is 16.0 Å². The lowest BCUT2D eigenvalue weighted by molar-refractivity contribution is -0.135. The Morgan fingerprint density at radius 2 is 2.00 bits per heavy atom. The maximum Gasteiger partial charge on any atom is 0.260 e. The van der Waals surface area contributed by atoms with E-state index in [0.29, 0.717) is 19.0 Å². The fourth-order valence-electron chi connectivity index (χ4n) is 3.79. The molecular weight excluding hydrogens is 378 g/mol. The number of piperidine rings is 1. The van der Waals surface area contributed by atoms with Crippen molar-refractivity contribution in [2.75, 3.05) is 32.8 Å². The van der Waals surface area contributed by atoms with Gasteiger partial charge in [0.15, 0.2) is 6.61 Å². The van der Waals surface area contributed by atoms with Crippen molar-refractivity contribution < 1.29 is 14.3 Å². The maximum atomic E-state index is 12.5. The molecule has 0 bridgehead atoms. The molecule has 1 aromatic carbocycles. The van der Waals surface area contributed by atoms with Crippen molar-refractivity contribution in [2.45, 2.75) is 45.1 Å². The van der Waals surface area contributed by atoms with Crippen LogP contribution < -0.4 is 15.4 Å². The van der Waals surface area contributed by atoms with E-state index >= 15 is 0 Å². The molecule has 2 N–H and O–H groups in total. The highest BCUT2D eigenvalue weighted by molar-refractivity contribution is 5.85. The monoisotopic (exact) mass is 409 g/mol. The van der Waals surface area contributed by atoms with E-state index in [1.54, 1.807) is 0 Å². The molecule has 0 saturated carbocycles. The van der Waals surface area contributed by atoms with Crippen LogP contribution in [0, 0.1) is 5.92 Å². The van der Waals surface area contributed by atoms with Gasteiger partial charge in [-0.1, -0.05) is 19.1 Å². The van der Waals surface area contributed by atoms with Crippen LogP contribution in [0.2, 0.25) is 0 Å². The second-order valence-corrected chi connectivity index (χ2v) is 7.53. The number of likely N-dealkylation sites (tertiary alicyclic amines) is 1. The lowest BCUT2D eigenvalue weighted by Gasteiger charge is -2.33. The van der Waals surface area contributed by atoms with E-state index in [2.05, 4.69) is 17.6 Å². The Balaban J connectivity index is 0.00000280. The van der Waals surface area contributed by atoms with Crippen molar-refractivity contribution in [2.24, 2.45) is 5.92 Å². The van der Waals surface area contributed by atoms with Crippen LogP contribution in [0.15, 0.2) is 24.3 Å². The summed E-state index contributed by atoms with van der Waals surface area (Å²) in [6, 6.07) is 7.84. The third-order valence-electron chi connectivity index (χ3n) is 5.51. The van der Waals surface area contributed by atoms with Crippen LogP contribution in [0.5, 0.6) is 5.75 Å². The Morgan fingerprint density at radius 1 is 1.21 bits per heavy atom. The molecule has 2 fully saturated rings. The Morgan fingerprint density at radius 3 is 2.68 bits per heavy atom. The average Bonchev–Trinajstić information content (AvgIpc) is 3.26. The molecule has 3 rings (SSSR count). The normalized spacial score (nSPS) is 21.7. The van der Waals surface area contributed by atoms with Crippen LogP contribution in [0.4, 0.5) is 0 Å². The highest BCUT2D eigenvalue weighted by atomic mass is 35.5. The molecule has 2 aliphatic heterocycles. The van der Waals surface area contributed by atoms with Gasteiger partial charge in [0.2, 0.25) is 5.91 Å². The molecule has 2 heterocycles. The van der Waals surface area contributed by atoms with Crippen molar-refractivity contribution in [3.8, 4) is 5.75 Å². The number of rotatable bonds is 7. The molecule has 2 aliphatic rings. The molecule has 2 atom stereocenters. The number of halogens is 1.